The number of nitrogens with one attached hydrogen (secondary N) is 1. The number of hydrogen-bond acceptors (Lipinski definition) is 2. The molecule has 19 heavy (non-hydrogen) atoms. The summed E-state index contributed by atoms with van der Waals surface area (Å²) >= 11 is 15.7. The molecule has 0 fully saturated rings. The Kier molecular flexibility index (Phi) is 5.48. The Morgan fingerprint density at radius 3 is 2.58 bits per heavy atom. The van der Waals surface area contributed by atoms with Crippen LogP contribution in [0.1, 0.15) is 24.1 Å². The number of benzene rings is 1. The molecule has 0 saturated carbocycles. The summed E-state index contributed by atoms with van der Waals surface area (Å²) in [5.74, 6) is -0.238. The van der Waals surface area contributed by atoms with Gasteiger partial charge in [0.1, 0.15) is 5.82 Å². The lowest BCUT2D eigenvalue weighted by molar-refractivity contribution is 0.611. The third-order valence-electron chi connectivity index (χ3n) is 2.68. The van der Waals surface area contributed by atoms with E-state index in [1.165, 1.54) is 23.5 Å². The van der Waals surface area contributed by atoms with Crippen LogP contribution in [0, 0.1) is 9.39 Å². The predicted octanol–water partition coefficient (Wildman–Crippen LogP) is 5.50. The highest BCUT2D eigenvalue weighted by molar-refractivity contribution is 14.1. The molecule has 1 atom stereocenters. The fourth-order valence-corrected chi connectivity index (χ4v) is 4.20. The Morgan fingerprint density at radius 2 is 2.05 bits per heavy atom. The fraction of sp³-hybridized carbons (Fsp3) is 0.231. The van der Waals surface area contributed by atoms with E-state index in [9.17, 15) is 4.39 Å². The second-order valence-electron chi connectivity index (χ2n) is 3.94. The quantitative estimate of drug-likeness (QED) is 0.633. The summed E-state index contributed by atoms with van der Waals surface area (Å²) in [4.78, 5) is 0. The molecule has 0 amide bonds. The van der Waals surface area contributed by atoms with Gasteiger partial charge in [-0.3, -0.25) is 0 Å². The van der Waals surface area contributed by atoms with Crippen molar-refractivity contribution in [3.05, 3.63) is 53.5 Å². The molecule has 1 heterocycles. The van der Waals surface area contributed by atoms with Crippen molar-refractivity contribution in [2.24, 2.45) is 0 Å². The van der Waals surface area contributed by atoms with Crippen LogP contribution in [-0.2, 0) is 0 Å². The molecular formula is C13H11Cl2FINS. The second kappa shape index (κ2) is 6.72. The highest BCUT2D eigenvalue weighted by Crippen LogP contribution is 2.38. The van der Waals surface area contributed by atoms with Gasteiger partial charge in [-0.2, -0.15) is 0 Å². The van der Waals surface area contributed by atoms with Crippen molar-refractivity contribution >= 4 is 57.1 Å². The highest BCUT2D eigenvalue weighted by atomic mass is 127. The van der Waals surface area contributed by atoms with E-state index >= 15 is 0 Å². The summed E-state index contributed by atoms with van der Waals surface area (Å²) in [6.07, 6.45) is 0. The molecule has 1 N–H and O–H groups in total. The third kappa shape index (κ3) is 3.61. The van der Waals surface area contributed by atoms with Crippen molar-refractivity contribution < 1.29 is 4.39 Å². The SMILES string of the molecule is CCNC(c1ccc(F)cc1I)c1cc(Cl)sc1Cl. The fourth-order valence-electron chi connectivity index (χ4n) is 1.88. The Bertz CT molecular complexity index is 588. The van der Waals surface area contributed by atoms with Gasteiger partial charge in [-0.15, -0.1) is 11.3 Å². The average molecular weight is 430 g/mol. The maximum Gasteiger partial charge on any atom is 0.124 e. The van der Waals surface area contributed by atoms with E-state index in [0.717, 1.165) is 21.2 Å². The Hall–Kier alpha value is 0.120. The van der Waals surface area contributed by atoms with Gasteiger partial charge in [-0.1, -0.05) is 36.2 Å². The molecule has 0 aliphatic heterocycles. The van der Waals surface area contributed by atoms with Gasteiger partial charge in [-0.25, -0.2) is 4.39 Å². The summed E-state index contributed by atoms with van der Waals surface area (Å²) in [6, 6.07) is 6.55. The van der Waals surface area contributed by atoms with Crippen molar-refractivity contribution in [2.75, 3.05) is 6.54 Å². The topological polar surface area (TPSA) is 12.0 Å². The minimum Gasteiger partial charge on any atom is -0.306 e. The van der Waals surface area contributed by atoms with E-state index in [0.29, 0.717) is 8.67 Å². The summed E-state index contributed by atoms with van der Waals surface area (Å²) in [5, 5.41) is 3.37. The van der Waals surface area contributed by atoms with Crippen LogP contribution in [-0.4, -0.2) is 6.54 Å². The van der Waals surface area contributed by atoms with Gasteiger partial charge in [-0.05, 0) is 52.9 Å². The van der Waals surface area contributed by atoms with Crippen molar-refractivity contribution in [3.8, 4) is 0 Å². The molecule has 0 saturated heterocycles. The molecule has 0 bridgehead atoms. The van der Waals surface area contributed by atoms with Gasteiger partial charge in [0.2, 0.25) is 0 Å². The Balaban J connectivity index is 2.48. The molecule has 1 unspecified atom stereocenters. The van der Waals surface area contributed by atoms with Crippen molar-refractivity contribution in [2.45, 2.75) is 13.0 Å². The molecule has 1 aromatic heterocycles. The maximum atomic E-state index is 13.2. The molecule has 102 valence electrons. The molecule has 2 rings (SSSR count). The van der Waals surface area contributed by atoms with Gasteiger partial charge in [0, 0.05) is 9.13 Å². The van der Waals surface area contributed by atoms with E-state index < -0.39 is 0 Å². The van der Waals surface area contributed by atoms with Crippen LogP contribution in [0.25, 0.3) is 0 Å². The standard InChI is InChI=1S/C13H11Cl2FINS/c1-2-18-12(9-6-11(14)19-13(9)15)8-4-3-7(16)5-10(8)17/h3-6,12,18H,2H2,1H3. The minimum atomic E-state index is -0.238. The number of rotatable bonds is 4. The first kappa shape index (κ1) is 15.5. The number of halogens is 4. The maximum absolute atomic E-state index is 13.2. The summed E-state index contributed by atoms with van der Waals surface area (Å²) in [7, 11) is 0. The van der Waals surface area contributed by atoms with Crippen molar-refractivity contribution in [1.29, 1.82) is 0 Å². The minimum absolute atomic E-state index is 0.0752. The van der Waals surface area contributed by atoms with Crippen LogP contribution < -0.4 is 5.32 Å². The van der Waals surface area contributed by atoms with Crippen LogP contribution in [0.2, 0.25) is 8.67 Å². The lowest BCUT2D eigenvalue weighted by Gasteiger charge is -2.19. The van der Waals surface area contributed by atoms with Gasteiger partial charge in [0.05, 0.1) is 14.7 Å². The molecule has 1 aromatic carbocycles. The van der Waals surface area contributed by atoms with Crippen LogP contribution >= 0.6 is 57.1 Å². The van der Waals surface area contributed by atoms with Crippen LogP contribution in [0.4, 0.5) is 4.39 Å². The lowest BCUT2D eigenvalue weighted by Crippen LogP contribution is -2.22. The zero-order chi connectivity index (χ0) is 14.0. The average Bonchev–Trinajstić information content (AvgIpc) is 2.66. The zero-order valence-electron chi connectivity index (χ0n) is 10.0. The van der Waals surface area contributed by atoms with Crippen molar-refractivity contribution in [1.82, 2.24) is 5.32 Å². The molecule has 6 heteroatoms. The van der Waals surface area contributed by atoms with Gasteiger partial charge < -0.3 is 5.32 Å². The first-order valence-corrected chi connectivity index (χ1v) is 8.31. The van der Waals surface area contributed by atoms with Gasteiger partial charge >= 0.3 is 0 Å². The number of hydrogen-bond donors (Lipinski definition) is 1. The van der Waals surface area contributed by atoms with E-state index in [2.05, 4.69) is 27.9 Å². The highest BCUT2D eigenvalue weighted by Gasteiger charge is 2.21. The van der Waals surface area contributed by atoms with E-state index in [1.807, 2.05) is 13.0 Å². The third-order valence-corrected chi connectivity index (χ3v) is 5.13. The van der Waals surface area contributed by atoms with Crippen molar-refractivity contribution in [3.63, 3.8) is 0 Å². The number of thiophene rings is 1. The summed E-state index contributed by atoms with van der Waals surface area (Å²) < 4.78 is 15.4. The first-order valence-electron chi connectivity index (χ1n) is 5.66. The molecule has 0 aliphatic rings. The van der Waals surface area contributed by atoms with Crippen LogP contribution in [0.15, 0.2) is 24.3 Å². The Labute approximate surface area is 139 Å². The van der Waals surface area contributed by atoms with E-state index in [-0.39, 0.29) is 11.9 Å². The molecule has 0 aliphatic carbocycles. The van der Waals surface area contributed by atoms with Crippen LogP contribution in [0.3, 0.4) is 0 Å². The molecular weight excluding hydrogens is 419 g/mol. The van der Waals surface area contributed by atoms with Gasteiger partial charge in [0.15, 0.2) is 0 Å². The van der Waals surface area contributed by atoms with Crippen LogP contribution in [0.5, 0.6) is 0 Å². The Morgan fingerprint density at radius 1 is 1.32 bits per heavy atom. The largest absolute Gasteiger partial charge is 0.306 e. The molecule has 1 nitrogen and oxygen atoms in total. The van der Waals surface area contributed by atoms with E-state index in [1.54, 1.807) is 6.07 Å². The van der Waals surface area contributed by atoms with Gasteiger partial charge in [0.25, 0.3) is 0 Å². The predicted molar refractivity (Wildman–Crippen MR) is 89.0 cm³/mol. The van der Waals surface area contributed by atoms with E-state index in [4.69, 9.17) is 23.2 Å². The zero-order valence-corrected chi connectivity index (χ0v) is 14.5. The lowest BCUT2D eigenvalue weighted by atomic mass is 10.0. The molecule has 0 radical (unpaired) electrons. The second-order valence-corrected chi connectivity index (χ2v) is 7.38. The smallest absolute Gasteiger partial charge is 0.124 e. The summed E-state index contributed by atoms with van der Waals surface area (Å²) in [6.45, 7) is 2.80. The summed E-state index contributed by atoms with van der Waals surface area (Å²) in [5.41, 5.74) is 1.93. The monoisotopic (exact) mass is 429 g/mol. The normalized spacial score (nSPS) is 12.7. The first-order chi connectivity index (χ1) is 9.02. The molecule has 0 spiro atoms. The molecule has 2 aromatic rings.